The van der Waals surface area contributed by atoms with Gasteiger partial charge in [-0.05, 0) is 55.7 Å². The van der Waals surface area contributed by atoms with E-state index in [4.69, 9.17) is 9.72 Å². The van der Waals surface area contributed by atoms with E-state index in [1.54, 1.807) is 4.90 Å². The third-order valence-electron chi connectivity index (χ3n) is 7.49. The number of aliphatic carboxylic acids is 1. The number of methoxy groups -OCH3 is 1. The molecular weight excluding hydrogens is 430 g/mol. The van der Waals surface area contributed by atoms with Crippen molar-refractivity contribution in [2.75, 3.05) is 13.7 Å². The summed E-state index contributed by atoms with van der Waals surface area (Å²) in [6.07, 6.45) is 4.43. The normalized spacial score (nSPS) is 20.2. The lowest BCUT2D eigenvalue weighted by molar-refractivity contribution is -0.142. The minimum Gasteiger partial charge on any atom is -0.481 e. The third-order valence-corrected chi connectivity index (χ3v) is 7.49. The average molecular weight is 462 g/mol. The number of hydrogen-bond donors (Lipinski definition) is 1. The molecule has 2 aromatic carbocycles. The number of amides is 1. The Bertz CT molecular complexity index is 1200. The lowest BCUT2D eigenvalue weighted by Gasteiger charge is -2.27. The Hall–Kier alpha value is -3.35. The predicted octanol–water partition coefficient (Wildman–Crippen LogP) is 4.76. The third kappa shape index (κ3) is 4.27. The van der Waals surface area contributed by atoms with E-state index in [9.17, 15) is 14.7 Å². The molecule has 1 aliphatic heterocycles. The van der Waals surface area contributed by atoms with Crippen LogP contribution in [0.3, 0.4) is 0 Å². The van der Waals surface area contributed by atoms with Crippen molar-refractivity contribution in [2.45, 2.75) is 57.5 Å². The molecule has 178 valence electrons. The Labute approximate surface area is 199 Å². The van der Waals surface area contributed by atoms with E-state index >= 15 is 0 Å². The summed E-state index contributed by atoms with van der Waals surface area (Å²) in [7, 11) is 1.42. The molecule has 34 heavy (non-hydrogen) atoms. The van der Waals surface area contributed by atoms with Crippen LogP contribution < -0.4 is 0 Å². The molecule has 1 aliphatic carbocycles. The zero-order valence-corrected chi connectivity index (χ0v) is 19.6. The first-order valence-corrected chi connectivity index (χ1v) is 12.2. The van der Waals surface area contributed by atoms with Gasteiger partial charge in [-0.15, -0.1) is 0 Å². The van der Waals surface area contributed by atoms with Crippen molar-refractivity contribution < 1.29 is 19.4 Å². The molecule has 7 heteroatoms. The minimum atomic E-state index is -0.687. The summed E-state index contributed by atoms with van der Waals surface area (Å²) >= 11 is 0. The van der Waals surface area contributed by atoms with Gasteiger partial charge in [-0.2, -0.15) is 0 Å². The Morgan fingerprint density at radius 3 is 2.56 bits per heavy atom. The number of rotatable bonds is 5. The number of hydrogen-bond acceptors (Lipinski definition) is 4. The highest BCUT2D eigenvalue weighted by atomic mass is 16.5. The van der Waals surface area contributed by atoms with Crippen LogP contribution >= 0.6 is 0 Å². The van der Waals surface area contributed by atoms with Crippen LogP contribution in [0.15, 0.2) is 42.5 Å². The molecule has 1 fully saturated rings. The highest BCUT2D eigenvalue weighted by Crippen LogP contribution is 2.38. The predicted molar refractivity (Wildman–Crippen MR) is 129 cm³/mol. The van der Waals surface area contributed by atoms with E-state index in [-0.39, 0.29) is 17.9 Å². The van der Waals surface area contributed by atoms with E-state index in [0.29, 0.717) is 25.9 Å². The number of benzene rings is 2. The molecule has 1 N–H and O–H groups in total. The van der Waals surface area contributed by atoms with Gasteiger partial charge in [-0.3, -0.25) is 4.79 Å². The van der Waals surface area contributed by atoms with Crippen molar-refractivity contribution in [1.82, 2.24) is 14.5 Å². The largest absolute Gasteiger partial charge is 0.481 e. The summed E-state index contributed by atoms with van der Waals surface area (Å²) in [6.45, 7) is 1.96. The van der Waals surface area contributed by atoms with Gasteiger partial charge in [-0.25, -0.2) is 9.78 Å². The Balaban J connectivity index is 1.52. The molecule has 1 saturated carbocycles. The van der Waals surface area contributed by atoms with Crippen molar-refractivity contribution in [3.05, 3.63) is 65.0 Å². The summed E-state index contributed by atoms with van der Waals surface area (Å²) in [5.74, 6) is 0.362. The van der Waals surface area contributed by atoms with Gasteiger partial charge in [0.25, 0.3) is 0 Å². The summed E-state index contributed by atoms with van der Waals surface area (Å²) in [5, 5.41) is 9.43. The molecule has 0 atom stereocenters. The molecular formula is C27H31N3O4. The molecule has 7 nitrogen and oxygen atoms in total. The van der Waals surface area contributed by atoms with E-state index in [1.165, 1.54) is 18.2 Å². The zero-order chi connectivity index (χ0) is 23.7. The van der Waals surface area contributed by atoms with Crippen LogP contribution in [0.25, 0.3) is 11.0 Å². The van der Waals surface area contributed by atoms with Gasteiger partial charge >= 0.3 is 12.1 Å². The lowest BCUT2D eigenvalue weighted by Crippen LogP contribution is -2.35. The Kier molecular flexibility index (Phi) is 6.26. The summed E-state index contributed by atoms with van der Waals surface area (Å²) in [4.78, 5) is 30.6. The van der Waals surface area contributed by atoms with Crippen LogP contribution in [0.1, 0.15) is 54.1 Å². The van der Waals surface area contributed by atoms with Crippen LogP contribution in [0, 0.1) is 5.92 Å². The maximum atomic E-state index is 12.2. The van der Waals surface area contributed by atoms with Crippen LogP contribution in [0.2, 0.25) is 0 Å². The first-order chi connectivity index (χ1) is 16.5. The van der Waals surface area contributed by atoms with Crippen LogP contribution in [-0.2, 0) is 35.5 Å². The number of carboxylic acids is 1. The molecule has 2 heterocycles. The second-order valence-electron chi connectivity index (χ2n) is 9.46. The molecule has 0 bridgehead atoms. The second-order valence-corrected chi connectivity index (χ2v) is 9.46. The molecule has 3 aromatic rings. The van der Waals surface area contributed by atoms with Gasteiger partial charge in [-0.1, -0.05) is 36.4 Å². The maximum Gasteiger partial charge on any atom is 0.409 e. The minimum absolute atomic E-state index is 0.245. The van der Waals surface area contributed by atoms with Gasteiger partial charge in [0.05, 0.1) is 30.6 Å². The SMILES string of the molecule is COC(=O)N1CCc2ccc3c(nc(C4CCC(C(=O)O)CC4)n3CCc3ccccc3)c2C1. The van der Waals surface area contributed by atoms with Gasteiger partial charge in [0.15, 0.2) is 0 Å². The summed E-state index contributed by atoms with van der Waals surface area (Å²) in [6, 6.07) is 14.8. The molecule has 2 aliphatic rings. The maximum absolute atomic E-state index is 12.2. The molecule has 5 rings (SSSR count). The molecule has 0 unspecified atom stereocenters. The van der Waals surface area contributed by atoms with Gasteiger partial charge in [0.2, 0.25) is 0 Å². The number of fused-ring (bicyclic) bond motifs is 3. The highest BCUT2D eigenvalue weighted by Gasteiger charge is 2.31. The molecule has 0 saturated heterocycles. The number of aromatic nitrogens is 2. The smallest absolute Gasteiger partial charge is 0.409 e. The molecule has 0 spiro atoms. The fraction of sp³-hybridized carbons (Fsp3) is 0.444. The van der Waals surface area contributed by atoms with Gasteiger partial charge < -0.3 is 19.3 Å². The van der Waals surface area contributed by atoms with Crippen molar-refractivity contribution in [2.24, 2.45) is 5.92 Å². The monoisotopic (exact) mass is 461 g/mol. The number of aryl methyl sites for hydroxylation is 2. The van der Waals surface area contributed by atoms with Crippen LogP contribution in [0.5, 0.6) is 0 Å². The number of nitrogens with zero attached hydrogens (tertiary/aromatic N) is 3. The zero-order valence-electron chi connectivity index (χ0n) is 19.6. The van der Waals surface area contributed by atoms with Crippen molar-refractivity contribution in [3.8, 4) is 0 Å². The molecule has 0 radical (unpaired) electrons. The second kappa shape index (κ2) is 9.49. The number of carboxylic acid groups (broad SMARTS) is 1. The number of carbonyl (C=O) groups is 2. The van der Waals surface area contributed by atoms with Crippen molar-refractivity contribution in [1.29, 1.82) is 0 Å². The van der Waals surface area contributed by atoms with E-state index in [2.05, 4.69) is 41.0 Å². The first kappa shape index (κ1) is 22.4. The van der Waals surface area contributed by atoms with E-state index in [1.807, 2.05) is 6.07 Å². The van der Waals surface area contributed by atoms with Crippen molar-refractivity contribution in [3.63, 3.8) is 0 Å². The number of imidazole rings is 1. The van der Waals surface area contributed by atoms with Crippen molar-refractivity contribution >= 4 is 23.1 Å². The van der Waals surface area contributed by atoms with E-state index in [0.717, 1.165) is 54.6 Å². The van der Waals surface area contributed by atoms with Gasteiger partial charge in [0, 0.05) is 24.6 Å². The number of carbonyl (C=O) groups excluding carboxylic acids is 1. The summed E-state index contributed by atoms with van der Waals surface area (Å²) in [5.41, 5.74) is 5.68. The molecule has 1 amide bonds. The lowest BCUT2D eigenvalue weighted by atomic mass is 9.81. The van der Waals surface area contributed by atoms with E-state index < -0.39 is 5.97 Å². The number of ether oxygens (including phenoxy) is 1. The fourth-order valence-electron chi connectivity index (χ4n) is 5.56. The summed E-state index contributed by atoms with van der Waals surface area (Å²) < 4.78 is 7.31. The first-order valence-electron chi connectivity index (χ1n) is 12.2. The van der Waals surface area contributed by atoms with Crippen LogP contribution in [0.4, 0.5) is 4.79 Å². The Morgan fingerprint density at radius 1 is 1.09 bits per heavy atom. The van der Waals surface area contributed by atoms with Crippen LogP contribution in [-0.4, -0.2) is 45.3 Å². The molecule has 1 aromatic heterocycles. The quantitative estimate of drug-likeness (QED) is 0.592. The average Bonchev–Trinajstić information content (AvgIpc) is 3.26. The Morgan fingerprint density at radius 2 is 1.85 bits per heavy atom. The standard InChI is InChI=1S/C27H31N3O4/c1-34-27(33)29-15-14-19-11-12-23-24(22(19)17-29)28-25(20-7-9-21(10-8-20)26(31)32)30(23)16-13-18-5-3-2-4-6-18/h2-6,11-12,20-21H,7-10,13-17H2,1H3,(H,31,32). The highest BCUT2D eigenvalue weighted by molar-refractivity contribution is 5.82. The topological polar surface area (TPSA) is 84.7 Å². The van der Waals surface area contributed by atoms with Gasteiger partial charge in [0.1, 0.15) is 5.82 Å². The fourth-order valence-corrected chi connectivity index (χ4v) is 5.56.